The Kier molecular flexibility index (Phi) is 4.35. The fraction of sp³-hybridized carbons (Fsp3) is 1.00. The molecule has 2 rings (SSSR count). The van der Waals surface area contributed by atoms with E-state index in [2.05, 4.69) is 43.5 Å². The molecule has 0 aromatic carbocycles. The Morgan fingerprint density at radius 2 is 1.78 bits per heavy atom. The summed E-state index contributed by atoms with van der Waals surface area (Å²) in [7, 11) is 4.20. The molecule has 1 heterocycles. The molecule has 0 bridgehead atoms. The molecule has 1 saturated heterocycles. The van der Waals surface area contributed by atoms with E-state index in [0.717, 1.165) is 6.54 Å². The average molecular weight is 253 g/mol. The first-order valence-electron chi connectivity index (χ1n) is 7.58. The summed E-state index contributed by atoms with van der Waals surface area (Å²) in [5, 5.41) is 6.90. The molecule has 1 aliphatic heterocycles. The maximum Gasteiger partial charge on any atom is 0.0334 e. The number of likely N-dealkylation sites (N-methyl/N-ethyl adjacent to an activating group) is 2. The molecule has 3 nitrogen and oxygen atoms in total. The molecule has 0 radical (unpaired) electrons. The number of nitrogens with zero attached hydrogens (tertiary/aromatic N) is 1. The first kappa shape index (κ1) is 14.3. The Morgan fingerprint density at radius 1 is 1.11 bits per heavy atom. The summed E-state index contributed by atoms with van der Waals surface area (Å²) < 4.78 is 0. The van der Waals surface area contributed by atoms with Crippen LogP contribution < -0.4 is 10.6 Å². The van der Waals surface area contributed by atoms with Crippen molar-refractivity contribution in [1.82, 2.24) is 15.5 Å². The minimum absolute atomic E-state index is 0.426. The van der Waals surface area contributed by atoms with Crippen molar-refractivity contribution in [2.75, 3.05) is 33.7 Å². The maximum atomic E-state index is 3.45. The molecule has 106 valence electrons. The number of likely N-dealkylation sites (tertiary alicyclic amines) is 1. The molecular formula is C15H31N3. The Morgan fingerprint density at radius 3 is 2.28 bits per heavy atom. The van der Waals surface area contributed by atoms with Crippen molar-refractivity contribution in [1.29, 1.82) is 0 Å². The largest absolute Gasteiger partial charge is 0.318 e. The van der Waals surface area contributed by atoms with Gasteiger partial charge in [-0.1, -0.05) is 13.8 Å². The van der Waals surface area contributed by atoms with Gasteiger partial charge in [-0.2, -0.15) is 0 Å². The highest BCUT2D eigenvalue weighted by atomic mass is 15.3. The predicted molar refractivity (Wildman–Crippen MR) is 77.9 cm³/mol. The topological polar surface area (TPSA) is 27.3 Å². The molecule has 18 heavy (non-hydrogen) atoms. The summed E-state index contributed by atoms with van der Waals surface area (Å²) in [6.45, 7) is 8.51. The second kappa shape index (κ2) is 5.48. The Balaban J connectivity index is 2.04. The first-order chi connectivity index (χ1) is 8.51. The summed E-state index contributed by atoms with van der Waals surface area (Å²) in [6, 6.07) is 0.702. The molecule has 1 saturated carbocycles. The van der Waals surface area contributed by atoms with E-state index in [1.807, 2.05) is 0 Å². The number of rotatable bonds is 4. The molecule has 2 aliphatic rings. The van der Waals surface area contributed by atoms with Crippen LogP contribution in [0.15, 0.2) is 0 Å². The lowest BCUT2D eigenvalue weighted by atomic mass is 9.68. The maximum absolute atomic E-state index is 3.45. The van der Waals surface area contributed by atoms with Crippen LogP contribution in [0, 0.1) is 5.41 Å². The minimum Gasteiger partial charge on any atom is -0.318 e. The van der Waals surface area contributed by atoms with E-state index < -0.39 is 0 Å². The third-order valence-corrected chi connectivity index (χ3v) is 5.31. The van der Waals surface area contributed by atoms with Gasteiger partial charge in [-0.3, -0.25) is 4.90 Å². The van der Waals surface area contributed by atoms with E-state index in [1.54, 1.807) is 0 Å². The van der Waals surface area contributed by atoms with Gasteiger partial charge in [0.2, 0.25) is 0 Å². The third kappa shape index (κ3) is 2.89. The van der Waals surface area contributed by atoms with Crippen molar-refractivity contribution in [3.63, 3.8) is 0 Å². The highest BCUT2D eigenvalue weighted by molar-refractivity contribution is 5.01. The van der Waals surface area contributed by atoms with E-state index in [9.17, 15) is 0 Å². The van der Waals surface area contributed by atoms with Crippen LogP contribution in [0.4, 0.5) is 0 Å². The second-order valence-electron chi connectivity index (χ2n) is 7.14. The molecule has 0 aromatic rings. The monoisotopic (exact) mass is 253 g/mol. The third-order valence-electron chi connectivity index (χ3n) is 5.31. The molecule has 2 fully saturated rings. The molecular weight excluding hydrogens is 222 g/mol. The van der Waals surface area contributed by atoms with Crippen LogP contribution in [0.3, 0.4) is 0 Å². The molecule has 0 aromatic heterocycles. The van der Waals surface area contributed by atoms with Crippen molar-refractivity contribution < 1.29 is 0 Å². The summed E-state index contributed by atoms with van der Waals surface area (Å²) >= 11 is 0. The van der Waals surface area contributed by atoms with Gasteiger partial charge in [-0.05, 0) is 51.6 Å². The fourth-order valence-corrected chi connectivity index (χ4v) is 3.75. The average Bonchev–Trinajstić information content (AvgIpc) is 2.82. The lowest BCUT2D eigenvalue weighted by Crippen LogP contribution is -2.56. The van der Waals surface area contributed by atoms with E-state index >= 15 is 0 Å². The molecule has 1 atom stereocenters. The Labute approximate surface area is 113 Å². The van der Waals surface area contributed by atoms with Crippen LogP contribution in [-0.2, 0) is 0 Å². The van der Waals surface area contributed by atoms with Gasteiger partial charge in [0.25, 0.3) is 0 Å². The summed E-state index contributed by atoms with van der Waals surface area (Å²) in [6.07, 6.45) is 6.77. The van der Waals surface area contributed by atoms with Crippen LogP contribution in [0.2, 0.25) is 0 Å². The van der Waals surface area contributed by atoms with Crippen LogP contribution in [0.25, 0.3) is 0 Å². The SMILES string of the molecule is CNCC1(N2CC[C@@H](NC)C2)CCC(C)(C)CC1. The molecule has 0 amide bonds. The zero-order valence-electron chi connectivity index (χ0n) is 12.7. The summed E-state index contributed by atoms with van der Waals surface area (Å²) in [4.78, 5) is 2.76. The van der Waals surface area contributed by atoms with E-state index in [4.69, 9.17) is 0 Å². The normalized spacial score (nSPS) is 31.7. The van der Waals surface area contributed by atoms with Crippen molar-refractivity contribution in [3.8, 4) is 0 Å². The lowest BCUT2D eigenvalue weighted by Gasteiger charge is -2.49. The van der Waals surface area contributed by atoms with Crippen molar-refractivity contribution in [3.05, 3.63) is 0 Å². The van der Waals surface area contributed by atoms with Gasteiger partial charge in [0, 0.05) is 31.2 Å². The van der Waals surface area contributed by atoms with Crippen LogP contribution in [0.5, 0.6) is 0 Å². The van der Waals surface area contributed by atoms with Gasteiger partial charge in [0.15, 0.2) is 0 Å². The Hall–Kier alpha value is -0.120. The van der Waals surface area contributed by atoms with Crippen molar-refractivity contribution in [2.24, 2.45) is 5.41 Å². The van der Waals surface area contributed by atoms with Gasteiger partial charge in [-0.25, -0.2) is 0 Å². The number of hydrogen-bond acceptors (Lipinski definition) is 3. The molecule has 2 N–H and O–H groups in total. The molecule has 1 aliphatic carbocycles. The lowest BCUT2D eigenvalue weighted by molar-refractivity contribution is 0.0334. The fourth-order valence-electron chi connectivity index (χ4n) is 3.75. The van der Waals surface area contributed by atoms with Crippen molar-refractivity contribution in [2.45, 2.75) is 57.5 Å². The van der Waals surface area contributed by atoms with Gasteiger partial charge in [0.05, 0.1) is 0 Å². The zero-order valence-corrected chi connectivity index (χ0v) is 12.7. The summed E-state index contributed by atoms with van der Waals surface area (Å²) in [5.41, 5.74) is 0.981. The predicted octanol–water partition coefficient (Wildman–Crippen LogP) is 1.84. The number of hydrogen-bond donors (Lipinski definition) is 2. The van der Waals surface area contributed by atoms with Crippen LogP contribution in [-0.4, -0.2) is 50.2 Å². The zero-order chi connectivity index (χ0) is 13.2. The smallest absolute Gasteiger partial charge is 0.0334 e. The van der Waals surface area contributed by atoms with Gasteiger partial charge >= 0.3 is 0 Å². The minimum atomic E-state index is 0.426. The van der Waals surface area contributed by atoms with Gasteiger partial charge in [0.1, 0.15) is 0 Å². The molecule has 0 spiro atoms. The van der Waals surface area contributed by atoms with E-state index in [0.29, 0.717) is 17.0 Å². The van der Waals surface area contributed by atoms with Gasteiger partial charge < -0.3 is 10.6 Å². The van der Waals surface area contributed by atoms with Crippen molar-refractivity contribution >= 4 is 0 Å². The van der Waals surface area contributed by atoms with Gasteiger partial charge in [-0.15, -0.1) is 0 Å². The Bertz CT molecular complexity index is 265. The van der Waals surface area contributed by atoms with Crippen LogP contribution in [0.1, 0.15) is 46.0 Å². The highest BCUT2D eigenvalue weighted by Crippen LogP contribution is 2.43. The second-order valence-corrected chi connectivity index (χ2v) is 7.14. The first-order valence-corrected chi connectivity index (χ1v) is 7.58. The standard InChI is InChI=1S/C15H31N3/c1-14(2)6-8-15(9-7-14,12-16-3)18-10-5-13(11-18)17-4/h13,16-17H,5-12H2,1-4H3/t13-/m1/s1. The van der Waals surface area contributed by atoms with E-state index in [-0.39, 0.29) is 0 Å². The summed E-state index contributed by atoms with van der Waals surface area (Å²) in [5.74, 6) is 0. The highest BCUT2D eigenvalue weighted by Gasteiger charge is 2.44. The molecule has 0 unspecified atom stereocenters. The molecule has 3 heteroatoms. The van der Waals surface area contributed by atoms with Crippen LogP contribution >= 0.6 is 0 Å². The quantitative estimate of drug-likeness (QED) is 0.800. The van der Waals surface area contributed by atoms with E-state index in [1.165, 1.54) is 45.2 Å². The number of nitrogens with one attached hydrogen (secondary N) is 2.